The van der Waals surface area contributed by atoms with Crippen LogP contribution in [0.15, 0.2) is 93.5 Å². The van der Waals surface area contributed by atoms with Gasteiger partial charge in [-0.25, -0.2) is 4.99 Å². The second kappa shape index (κ2) is 7.88. The van der Waals surface area contributed by atoms with Crippen molar-refractivity contribution in [2.45, 2.75) is 13.5 Å². The van der Waals surface area contributed by atoms with E-state index in [-0.39, 0.29) is 0 Å². The maximum atomic E-state index is 5.49. The lowest BCUT2D eigenvalue weighted by Crippen LogP contribution is -2.44. The third-order valence-electron chi connectivity index (χ3n) is 6.43. The van der Waals surface area contributed by atoms with E-state index in [1.165, 1.54) is 29.4 Å². The number of benzene rings is 3. The van der Waals surface area contributed by atoms with Crippen molar-refractivity contribution in [2.75, 3.05) is 19.6 Å². The van der Waals surface area contributed by atoms with Crippen LogP contribution >= 0.6 is 0 Å². The molecule has 3 aromatic carbocycles. The molecule has 0 aliphatic carbocycles. The summed E-state index contributed by atoms with van der Waals surface area (Å²) in [6.45, 7) is 6.31. The Balaban J connectivity index is 1.29. The molecular weight excluding hydrogens is 394 g/mol. The van der Waals surface area contributed by atoms with Crippen LogP contribution in [0.2, 0.25) is 0 Å². The molecule has 0 unspecified atom stereocenters. The highest BCUT2D eigenvalue weighted by molar-refractivity contribution is 6.21. The van der Waals surface area contributed by atoms with E-state index in [0.717, 1.165) is 46.5 Å². The summed E-state index contributed by atoms with van der Waals surface area (Å²) in [6, 6.07) is 25.4. The van der Waals surface area contributed by atoms with Gasteiger partial charge < -0.3 is 4.42 Å². The molecule has 3 heterocycles. The van der Waals surface area contributed by atoms with Gasteiger partial charge >= 0.3 is 0 Å². The van der Waals surface area contributed by atoms with Gasteiger partial charge in [-0.05, 0) is 39.9 Å². The van der Waals surface area contributed by atoms with E-state index in [0.29, 0.717) is 6.54 Å². The summed E-state index contributed by atoms with van der Waals surface area (Å²) in [5, 5.41) is 2.54. The normalized spacial score (nSPS) is 16.8. The number of amidine groups is 1. The first-order valence-corrected chi connectivity index (χ1v) is 11.2. The summed E-state index contributed by atoms with van der Waals surface area (Å²) >= 11 is 0. The highest BCUT2D eigenvalue weighted by atomic mass is 16.3. The van der Waals surface area contributed by atoms with Crippen molar-refractivity contribution in [1.82, 2.24) is 4.90 Å². The molecule has 6 rings (SSSR count). The first-order valence-electron chi connectivity index (χ1n) is 11.2. The summed E-state index contributed by atoms with van der Waals surface area (Å²) in [4.78, 5) is 12.2. The maximum Gasteiger partial charge on any atom is 0.155 e. The maximum absolute atomic E-state index is 5.49. The zero-order chi connectivity index (χ0) is 21.5. The van der Waals surface area contributed by atoms with Gasteiger partial charge in [0.05, 0.1) is 18.5 Å². The molecule has 0 saturated carbocycles. The van der Waals surface area contributed by atoms with Crippen LogP contribution in [0.1, 0.15) is 23.6 Å². The van der Waals surface area contributed by atoms with Crippen molar-refractivity contribution in [3.05, 3.63) is 95.7 Å². The highest BCUT2D eigenvalue weighted by Crippen LogP contribution is 2.28. The van der Waals surface area contributed by atoms with Crippen molar-refractivity contribution < 1.29 is 4.42 Å². The quantitative estimate of drug-likeness (QED) is 0.410. The zero-order valence-electron chi connectivity index (χ0n) is 18.2. The van der Waals surface area contributed by atoms with Gasteiger partial charge in [-0.15, -0.1) is 0 Å². The van der Waals surface area contributed by atoms with Crippen molar-refractivity contribution in [3.63, 3.8) is 0 Å². The predicted molar refractivity (Wildman–Crippen MR) is 130 cm³/mol. The molecule has 0 spiro atoms. The van der Waals surface area contributed by atoms with Crippen LogP contribution in [0.25, 0.3) is 22.1 Å². The highest BCUT2D eigenvalue weighted by Gasteiger charge is 2.23. The molecule has 0 N–H and O–H groups in total. The van der Waals surface area contributed by atoms with Gasteiger partial charge in [0.25, 0.3) is 0 Å². The van der Waals surface area contributed by atoms with Gasteiger partial charge in [-0.2, -0.15) is 0 Å². The Kier molecular flexibility index (Phi) is 4.73. The molecule has 0 amide bonds. The fraction of sp³-hybridized carbons (Fsp3) is 0.214. The first-order chi connectivity index (χ1) is 15.7. The molecule has 2 aliphatic rings. The number of fused-ring (bicyclic) bond motifs is 1. The van der Waals surface area contributed by atoms with Crippen LogP contribution in [0.5, 0.6) is 0 Å². The number of likely N-dealkylation sites (tertiary alicyclic amines) is 1. The van der Waals surface area contributed by atoms with E-state index in [1.54, 1.807) is 6.26 Å². The number of rotatable bonds is 5. The molecule has 0 atom stereocenters. The molecule has 1 saturated heterocycles. The van der Waals surface area contributed by atoms with Crippen LogP contribution in [-0.4, -0.2) is 36.1 Å². The van der Waals surface area contributed by atoms with E-state index >= 15 is 0 Å². The van der Waals surface area contributed by atoms with Gasteiger partial charge in [0.15, 0.2) is 5.84 Å². The molecular formula is C28H25N3O. The monoisotopic (exact) mass is 419 g/mol. The zero-order valence-corrected chi connectivity index (χ0v) is 18.2. The van der Waals surface area contributed by atoms with Crippen molar-refractivity contribution in [3.8, 4) is 11.3 Å². The average molecular weight is 420 g/mol. The molecule has 4 nitrogen and oxygen atoms in total. The molecule has 0 bridgehead atoms. The van der Waals surface area contributed by atoms with Gasteiger partial charge in [-0.3, -0.25) is 9.89 Å². The van der Waals surface area contributed by atoms with E-state index < -0.39 is 0 Å². The van der Waals surface area contributed by atoms with E-state index in [2.05, 4.69) is 72.5 Å². The Bertz CT molecular complexity index is 1330. The average Bonchev–Trinajstić information content (AvgIpc) is 3.51. The molecule has 32 heavy (non-hydrogen) atoms. The summed E-state index contributed by atoms with van der Waals surface area (Å²) in [5.74, 6) is 2.52. The standard InChI is InChI=1S/C28H25N3O/c1-19-16-31(17-19)18-22-12-13-25(24-6-3-2-5-23(22)24)28-29-15-26(30-28)20-8-10-21(11-9-20)27-7-4-14-32-27/h2-14,19H,15-18H2,1H3. The smallest absolute Gasteiger partial charge is 0.155 e. The fourth-order valence-corrected chi connectivity index (χ4v) is 4.81. The number of nitrogens with zero attached hydrogens (tertiary/aromatic N) is 3. The van der Waals surface area contributed by atoms with Crippen LogP contribution < -0.4 is 0 Å². The number of aliphatic imine (C=N–C) groups is 2. The number of furan rings is 1. The summed E-state index contributed by atoms with van der Waals surface area (Å²) < 4.78 is 5.49. The Hall–Kier alpha value is -3.50. The van der Waals surface area contributed by atoms with Crippen LogP contribution in [-0.2, 0) is 6.54 Å². The Labute approximate surface area is 187 Å². The predicted octanol–water partition coefficient (Wildman–Crippen LogP) is 5.80. The fourth-order valence-electron chi connectivity index (χ4n) is 4.81. The topological polar surface area (TPSA) is 41.1 Å². The van der Waals surface area contributed by atoms with E-state index in [1.807, 2.05) is 12.1 Å². The molecule has 158 valence electrons. The molecule has 0 radical (unpaired) electrons. The third-order valence-corrected chi connectivity index (χ3v) is 6.43. The van der Waals surface area contributed by atoms with Gasteiger partial charge in [-0.1, -0.05) is 67.6 Å². The van der Waals surface area contributed by atoms with Crippen LogP contribution in [0, 0.1) is 5.92 Å². The minimum atomic E-state index is 0.608. The Morgan fingerprint density at radius 1 is 0.875 bits per heavy atom. The molecule has 4 heteroatoms. The molecule has 1 fully saturated rings. The van der Waals surface area contributed by atoms with Crippen molar-refractivity contribution >= 4 is 22.3 Å². The van der Waals surface area contributed by atoms with Gasteiger partial charge in [0.1, 0.15) is 5.76 Å². The van der Waals surface area contributed by atoms with Crippen LogP contribution in [0.3, 0.4) is 0 Å². The lowest BCUT2D eigenvalue weighted by Gasteiger charge is -2.37. The van der Waals surface area contributed by atoms with E-state index in [9.17, 15) is 0 Å². The lowest BCUT2D eigenvalue weighted by molar-refractivity contribution is 0.105. The van der Waals surface area contributed by atoms with Gasteiger partial charge in [0.2, 0.25) is 0 Å². The third kappa shape index (κ3) is 3.47. The second-order valence-corrected chi connectivity index (χ2v) is 8.87. The van der Waals surface area contributed by atoms with Crippen molar-refractivity contribution in [2.24, 2.45) is 15.9 Å². The number of hydrogen-bond donors (Lipinski definition) is 0. The largest absolute Gasteiger partial charge is 0.464 e. The SMILES string of the molecule is CC1CN(Cc2ccc(C3=NCC(c4ccc(-c5ccco5)cc4)=N3)c3ccccc23)C1. The summed E-state index contributed by atoms with van der Waals surface area (Å²) in [7, 11) is 0. The molecule has 2 aliphatic heterocycles. The Morgan fingerprint density at radius 2 is 1.66 bits per heavy atom. The minimum Gasteiger partial charge on any atom is -0.464 e. The second-order valence-electron chi connectivity index (χ2n) is 8.87. The minimum absolute atomic E-state index is 0.608. The summed E-state index contributed by atoms with van der Waals surface area (Å²) in [5.41, 5.74) is 5.67. The first kappa shape index (κ1) is 19.2. The van der Waals surface area contributed by atoms with Gasteiger partial charge in [0, 0.05) is 30.8 Å². The molecule has 4 aromatic rings. The van der Waals surface area contributed by atoms with Crippen molar-refractivity contribution in [1.29, 1.82) is 0 Å². The van der Waals surface area contributed by atoms with E-state index in [4.69, 9.17) is 14.4 Å². The summed E-state index contributed by atoms with van der Waals surface area (Å²) in [6.07, 6.45) is 1.70. The van der Waals surface area contributed by atoms with Crippen LogP contribution in [0.4, 0.5) is 0 Å². The number of hydrogen-bond acceptors (Lipinski definition) is 4. The molecule has 1 aromatic heterocycles. The lowest BCUT2D eigenvalue weighted by atomic mass is 9.96. The Morgan fingerprint density at radius 3 is 2.41 bits per heavy atom.